The molecule has 0 aliphatic heterocycles. The summed E-state index contributed by atoms with van der Waals surface area (Å²) in [5.41, 5.74) is 5.49. The summed E-state index contributed by atoms with van der Waals surface area (Å²) in [5.74, 6) is 0. The number of fused-ring (bicyclic) bond motifs is 1. The largest absolute Gasteiger partial charge is 0.313 e. The molecule has 21 heavy (non-hydrogen) atoms. The smallest absolute Gasteiger partial charge is 0.0534 e. The van der Waals surface area contributed by atoms with Crippen molar-refractivity contribution in [3.05, 3.63) is 60.0 Å². The molecular weight excluding hydrogens is 256 g/mol. The van der Waals surface area contributed by atoms with Gasteiger partial charge in [0.1, 0.15) is 0 Å². The first-order valence-corrected chi connectivity index (χ1v) is 7.88. The van der Waals surface area contributed by atoms with Gasteiger partial charge in [-0.05, 0) is 43.0 Å². The van der Waals surface area contributed by atoms with Crippen molar-refractivity contribution in [3.63, 3.8) is 0 Å². The Morgan fingerprint density at radius 3 is 2.48 bits per heavy atom. The fourth-order valence-corrected chi connectivity index (χ4v) is 3.15. The fraction of sp³-hybridized carbons (Fsp3) is 0.316. The third-order valence-corrected chi connectivity index (χ3v) is 4.13. The molecule has 0 atom stereocenters. The van der Waals surface area contributed by atoms with Crippen LogP contribution in [0.2, 0.25) is 0 Å². The Kier molecular flexibility index (Phi) is 4.05. The van der Waals surface area contributed by atoms with Gasteiger partial charge in [-0.1, -0.05) is 38.5 Å². The Bertz CT molecular complexity index is 726. The quantitative estimate of drug-likeness (QED) is 0.647. The monoisotopic (exact) mass is 278 g/mol. The Balaban J connectivity index is 2.29. The molecule has 2 aromatic heterocycles. The molecule has 3 rings (SSSR count). The predicted octanol–water partition coefficient (Wildman–Crippen LogP) is 4.93. The van der Waals surface area contributed by atoms with E-state index in [0.717, 1.165) is 12.8 Å². The van der Waals surface area contributed by atoms with Crippen LogP contribution in [-0.2, 0) is 12.8 Å². The summed E-state index contributed by atoms with van der Waals surface area (Å²) < 4.78 is 2.42. The van der Waals surface area contributed by atoms with E-state index in [-0.39, 0.29) is 0 Å². The summed E-state index contributed by atoms with van der Waals surface area (Å²) in [7, 11) is 0. The number of para-hydroxylation sites is 1. The minimum Gasteiger partial charge on any atom is -0.313 e. The van der Waals surface area contributed by atoms with Crippen LogP contribution < -0.4 is 0 Å². The van der Waals surface area contributed by atoms with Crippen molar-refractivity contribution in [1.82, 2.24) is 9.55 Å². The van der Waals surface area contributed by atoms with E-state index in [1.165, 1.54) is 40.7 Å². The van der Waals surface area contributed by atoms with E-state index in [4.69, 9.17) is 0 Å². The molecule has 0 N–H and O–H groups in total. The first-order chi connectivity index (χ1) is 10.4. The van der Waals surface area contributed by atoms with Crippen LogP contribution in [0.1, 0.15) is 37.9 Å². The molecule has 2 nitrogen and oxygen atoms in total. The van der Waals surface area contributed by atoms with Gasteiger partial charge in [0.05, 0.1) is 5.52 Å². The lowest BCUT2D eigenvalue weighted by atomic mass is 10.1. The number of unbranched alkanes of at least 4 members (excludes halogenated alkanes) is 1. The Morgan fingerprint density at radius 2 is 1.76 bits per heavy atom. The third-order valence-electron chi connectivity index (χ3n) is 4.13. The highest BCUT2D eigenvalue weighted by Crippen LogP contribution is 2.30. The van der Waals surface area contributed by atoms with Crippen LogP contribution in [0.5, 0.6) is 0 Å². The topological polar surface area (TPSA) is 17.8 Å². The molecule has 2 heteroatoms. The maximum atomic E-state index is 4.16. The summed E-state index contributed by atoms with van der Waals surface area (Å²) >= 11 is 0. The highest BCUT2D eigenvalue weighted by atomic mass is 15.0. The lowest BCUT2D eigenvalue weighted by molar-refractivity contribution is 0.755. The van der Waals surface area contributed by atoms with Crippen LogP contribution in [0.3, 0.4) is 0 Å². The molecule has 0 spiro atoms. The number of rotatable bonds is 5. The third kappa shape index (κ3) is 2.46. The van der Waals surface area contributed by atoms with Crippen molar-refractivity contribution in [2.24, 2.45) is 0 Å². The summed E-state index contributed by atoms with van der Waals surface area (Å²) in [6, 6.07) is 12.9. The van der Waals surface area contributed by atoms with E-state index in [0.29, 0.717) is 0 Å². The highest BCUT2D eigenvalue weighted by molar-refractivity contribution is 5.87. The summed E-state index contributed by atoms with van der Waals surface area (Å²) in [4.78, 5) is 4.16. The van der Waals surface area contributed by atoms with Crippen molar-refractivity contribution in [2.75, 3.05) is 0 Å². The summed E-state index contributed by atoms with van der Waals surface area (Å²) in [6.45, 7) is 4.51. The van der Waals surface area contributed by atoms with E-state index in [1.54, 1.807) is 0 Å². The minimum absolute atomic E-state index is 1.08. The normalized spacial score (nSPS) is 11.1. The zero-order valence-electron chi connectivity index (χ0n) is 12.8. The van der Waals surface area contributed by atoms with Gasteiger partial charge in [-0.25, -0.2) is 0 Å². The van der Waals surface area contributed by atoms with E-state index >= 15 is 0 Å². The Labute approximate surface area is 126 Å². The van der Waals surface area contributed by atoms with Crippen LogP contribution in [-0.4, -0.2) is 9.55 Å². The lowest BCUT2D eigenvalue weighted by Gasteiger charge is -2.11. The van der Waals surface area contributed by atoms with Gasteiger partial charge in [0, 0.05) is 29.2 Å². The number of nitrogens with zero attached hydrogens (tertiary/aromatic N) is 2. The molecule has 0 amide bonds. The van der Waals surface area contributed by atoms with Crippen molar-refractivity contribution in [3.8, 4) is 5.69 Å². The fourth-order valence-electron chi connectivity index (χ4n) is 3.15. The number of aromatic nitrogens is 2. The molecule has 2 heterocycles. The van der Waals surface area contributed by atoms with Crippen LogP contribution >= 0.6 is 0 Å². The van der Waals surface area contributed by atoms with Crippen LogP contribution in [0.4, 0.5) is 0 Å². The second kappa shape index (κ2) is 6.13. The van der Waals surface area contributed by atoms with Gasteiger partial charge in [-0.3, -0.25) is 4.98 Å². The number of aryl methyl sites for hydroxylation is 1. The van der Waals surface area contributed by atoms with Gasteiger partial charge in [-0.2, -0.15) is 0 Å². The van der Waals surface area contributed by atoms with Crippen LogP contribution in [0, 0.1) is 0 Å². The minimum atomic E-state index is 1.08. The van der Waals surface area contributed by atoms with Crippen molar-refractivity contribution in [2.45, 2.75) is 39.5 Å². The Morgan fingerprint density at radius 1 is 1.00 bits per heavy atom. The van der Waals surface area contributed by atoms with E-state index in [1.807, 2.05) is 12.4 Å². The number of pyridine rings is 1. The second-order valence-electron chi connectivity index (χ2n) is 5.44. The molecule has 0 fully saturated rings. The predicted molar refractivity (Wildman–Crippen MR) is 89.1 cm³/mol. The van der Waals surface area contributed by atoms with Gasteiger partial charge in [0.15, 0.2) is 0 Å². The van der Waals surface area contributed by atoms with Gasteiger partial charge in [-0.15, -0.1) is 0 Å². The van der Waals surface area contributed by atoms with Gasteiger partial charge in [0.2, 0.25) is 0 Å². The molecule has 108 valence electrons. The van der Waals surface area contributed by atoms with Crippen molar-refractivity contribution in [1.29, 1.82) is 0 Å². The molecule has 0 aliphatic carbocycles. The van der Waals surface area contributed by atoms with Gasteiger partial charge in [0.25, 0.3) is 0 Å². The van der Waals surface area contributed by atoms with Gasteiger partial charge >= 0.3 is 0 Å². The summed E-state index contributed by atoms with van der Waals surface area (Å²) in [5, 5.41) is 1.39. The Hall–Kier alpha value is -2.09. The highest BCUT2D eigenvalue weighted by Gasteiger charge is 2.16. The van der Waals surface area contributed by atoms with E-state index in [9.17, 15) is 0 Å². The first kappa shape index (κ1) is 13.9. The molecule has 0 bridgehead atoms. The summed E-state index contributed by atoms with van der Waals surface area (Å²) in [6.07, 6.45) is 8.42. The average molecular weight is 278 g/mol. The van der Waals surface area contributed by atoms with Crippen molar-refractivity contribution < 1.29 is 0 Å². The van der Waals surface area contributed by atoms with E-state index in [2.05, 4.69) is 59.8 Å². The zero-order valence-corrected chi connectivity index (χ0v) is 12.8. The first-order valence-electron chi connectivity index (χ1n) is 7.88. The average Bonchev–Trinajstić information content (AvgIpc) is 2.87. The van der Waals surface area contributed by atoms with Crippen LogP contribution in [0.15, 0.2) is 48.8 Å². The maximum absolute atomic E-state index is 4.16. The number of benzene rings is 1. The molecular formula is C19H22N2. The zero-order chi connectivity index (χ0) is 14.7. The molecule has 1 aromatic carbocycles. The molecule has 0 saturated heterocycles. The number of hydrogen-bond acceptors (Lipinski definition) is 1. The second-order valence-corrected chi connectivity index (χ2v) is 5.44. The van der Waals surface area contributed by atoms with E-state index < -0.39 is 0 Å². The standard InChI is InChI=1S/C19H22N2/c1-3-5-9-18-16(4-2)17-8-6-7-10-19(17)21(18)15-11-13-20-14-12-15/h6-8,10-14H,3-5,9H2,1-2H3. The van der Waals surface area contributed by atoms with Gasteiger partial charge < -0.3 is 4.57 Å². The molecule has 0 aliphatic rings. The molecule has 0 unspecified atom stereocenters. The maximum Gasteiger partial charge on any atom is 0.0534 e. The van der Waals surface area contributed by atoms with Crippen LogP contribution in [0.25, 0.3) is 16.6 Å². The number of hydrogen-bond donors (Lipinski definition) is 0. The molecule has 0 saturated carbocycles. The molecule has 0 radical (unpaired) electrons. The lowest BCUT2D eigenvalue weighted by Crippen LogP contribution is -2.02. The molecule has 3 aromatic rings. The SMILES string of the molecule is CCCCc1c(CC)c2ccccc2n1-c1ccncc1. The van der Waals surface area contributed by atoms with Crippen molar-refractivity contribution >= 4 is 10.9 Å².